The maximum Gasteiger partial charge on any atom is 0.490 e. The third-order valence-corrected chi connectivity index (χ3v) is 6.35. The van der Waals surface area contributed by atoms with Gasteiger partial charge in [0.25, 0.3) is 0 Å². The number of halogens is 3. The summed E-state index contributed by atoms with van der Waals surface area (Å²) in [4.78, 5) is 23.7. The van der Waals surface area contributed by atoms with Crippen LogP contribution in [0.25, 0.3) is 10.9 Å². The smallest absolute Gasteiger partial charge is 0.475 e. The number of fused-ring (bicyclic) bond motifs is 1. The highest BCUT2D eigenvalue weighted by Crippen LogP contribution is 2.32. The van der Waals surface area contributed by atoms with E-state index in [2.05, 4.69) is 35.4 Å². The first-order valence-corrected chi connectivity index (χ1v) is 11.3. The van der Waals surface area contributed by atoms with E-state index >= 15 is 0 Å². The summed E-state index contributed by atoms with van der Waals surface area (Å²) in [5.74, 6) is -1.62. The molecule has 35 heavy (non-hydrogen) atoms. The molecule has 2 heterocycles. The Morgan fingerprint density at radius 3 is 2.34 bits per heavy atom. The van der Waals surface area contributed by atoms with Gasteiger partial charge in [-0.05, 0) is 54.5 Å². The van der Waals surface area contributed by atoms with Crippen LogP contribution >= 0.6 is 0 Å². The van der Waals surface area contributed by atoms with Gasteiger partial charge in [-0.2, -0.15) is 18.3 Å². The predicted molar refractivity (Wildman–Crippen MR) is 126 cm³/mol. The minimum absolute atomic E-state index is 0.214. The summed E-state index contributed by atoms with van der Waals surface area (Å²) in [7, 11) is 1.93. The molecule has 1 aliphatic rings. The average molecular weight is 491 g/mol. The molecule has 3 aromatic rings. The summed E-state index contributed by atoms with van der Waals surface area (Å²) in [6.07, 6.45) is -0.742. The maximum absolute atomic E-state index is 12.8. The van der Waals surface area contributed by atoms with Crippen molar-refractivity contribution in [1.29, 1.82) is 0 Å². The van der Waals surface area contributed by atoms with E-state index in [1.165, 1.54) is 5.56 Å². The highest BCUT2D eigenvalue weighted by atomic mass is 19.4. The fourth-order valence-electron chi connectivity index (χ4n) is 4.46. The second-order valence-electron chi connectivity index (χ2n) is 8.61. The van der Waals surface area contributed by atoms with Crippen molar-refractivity contribution in [1.82, 2.24) is 14.7 Å². The molecule has 0 bridgehead atoms. The van der Waals surface area contributed by atoms with Crippen LogP contribution in [0.3, 0.4) is 0 Å². The van der Waals surface area contributed by atoms with Crippen molar-refractivity contribution in [3.63, 3.8) is 0 Å². The number of piperidine rings is 1. The van der Waals surface area contributed by atoms with Gasteiger partial charge < -0.3 is 15.7 Å². The molecule has 1 fully saturated rings. The van der Waals surface area contributed by atoms with Crippen LogP contribution in [0.15, 0.2) is 54.7 Å². The number of carbonyl (C=O) groups is 2. The van der Waals surface area contributed by atoms with Crippen LogP contribution in [0.2, 0.25) is 0 Å². The lowest BCUT2D eigenvalue weighted by Gasteiger charge is -2.36. The molecule has 1 saturated heterocycles. The number of aryl methyl sites for hydroxylation is 1. The van der Waals surface area contributed by atoms with Crippen LogP contribution in [0.5, 0.6) is 0 Å². The zero-order valence-corrected chi connectivity index (χ0v) is 19.4. The fraction of sp³-hybridized carbons (Fsp3) is 0.400. The van der Waals surface area contributed by atoms with Crippen molar-refractivity contribution in [2.24, 2.45) is 18.7 Å². The Morgan fingerprint density at radius 1 is 1.14 bits per heavy atom. The van der Waals surface area contributed by atoms with E-state index in [0.717, 1.165) is 42.4 Å². The SMILES string of the molecule is Cn1ncc2cc(CC(=O)N3CCC(C(CN)c4ccccc4)CC3)ccc21.O=C(O)C(F)(F)F. The van der Waals surface area contributed by atoms with Crippen molar-refractivity contribution in [2.45, 2.75) is 31.4 Å². The van der Waals surface area contributed by atoms with Crippen molar-refractivity contribution >= 4 is 22.8 Å². The molecule has 3 N–H and O–H groups in total. The summed E-state index contributed by atoms with van der Waals surface area (Å²) in [6, 6.07) is 16.7. The molecule has 1 atom stereocenters. The number of carboxylic acid groups (broad SMARTS) is 1. The number of likely N-dealkylation sites (tertiary alicyclic amines) is 1. The lowest BCUT2D eigenvalue weighted by molar-refractivity contribution is -0.192. The van der Waals surface area contributed by atoms with Gasteiger partial charge in [-0.3, -0.25) is 9.48 Å². The Kier molecular flexibility index (Phi) is 8.50. The summed E-state index contributed by atoms with van der Waals surface area (Å²) in [6.45, 7) is 2.30. The first-order valence-electron chi connectivity index (χ1n) is 11.3. The molecule has 0 aliphatic carbocycles. The molecule has 1 unspecified atom stereocenters. The number of rotatable bonds is 5. The molecule has 1 aromatic heterocycles. The van der Waals surface area contributed by atoms with Crippen molar-refractivity contribution in [3.05, 3.63) is 65.9 Å². The molecule has 1 amide bonds. The molecular weight excluding hydrogens is 461 g/mol. The van der Waals surface area contributed by atoms with Gasteiger partial charge in [0.1, 0.15) is 0 Å². The molecule has 1 aliphatic heterocycles. The monoisotopic (exact) mass is 490 g/mol. The van der Waals surface area contributed by atoms with Crippen LogP contribution in [-0.4, -0.2) is 57.5 Å². The maximum atomic E-state index is 12.8. The number of aromatic nitrogens is 2. The van der Waals surface area contributed by atoms with Crippen molar-refractivity contribution in [2.75, 3.05) is 19.6 Å². The van der Waals surface area contributed by atoms with E-state index < -0.39 is 12.1 Å². The topological polar surface area (TPSA) is 101 Å². The number of hydrogen-bond donors (Lipinski definition) is 2. The van der Waals surface area contributed by atoms with Gasteiger partial charge in [-0.1, -0.05) is 36.4 Å². The highest BCUT2D eigenvalue weighted by molar-refractivity contribution is 5.83. The largest absolute Gasteiger partial charge is 0.490 e. The molecule has 2 aromatic carbocycles. The van der Waals surface area contributed by atoms with Gasteiger partial charge in [-0.15, -0.1) is 0 Å². The molecule has 188 valence electrons. The second-order valence-corrected chi connectivity index (χ2v) is 8.61. The number of amides is 1. The number of hydrogen-bond acceptors (Lipinski definition) is 4. The first-order chi connectivity index (χ1) is 16.6. The van der Waals surface area contributed by atoms with Gasteiger partial charge in [0.15, 0.2) is 0 Å². The predicted octanol–water partition coefficient (Wildman–Crippen LogP) is 3.73. The normalized spacial score (nSPS) is 15.4. The fourth-order valence-corrected chi connectivity index (χ4v) is 4.46. The van der Waals surface area contributed by atoms with Crippen LogP contribution in [0.1, 0.15) is 29.9 Å². The molecule has 4 rings (SSSR count). The van der Waals surface area contributed by atoms with Crippen LogP contribution in [0, 0.1) is 5.92 Å². The van der Waals surface area contributed by atoms with E-state index in [-0.39, 0.29) is 5.91 Å². The number of benzene rings is 2. The van der Waals surface area contributed by atoms with E-state index in [9.17, 15) is 18.0 Å². The minimum atomic E-state index is -5.08. The number of carboxylic acids is 1. The number of nitrogens with zero attached hydrogens (tertiary/aromatic N) is 3. The molecule has 10 heteroatoms. The lowest BCUT2D eigenvalue weighted by atomic mass is 9.80. The average Bonchev–Trinajstić information content (AvgIpc) is 3.20. The standard InChI is InChI=1S/C23H28N4O.C2HF3O2/c1-26-22-8-7-17(13-20(22)16-25-26)14-23(28)27-11-9-19(10-12-27)21(15-24)18-5-3-2-4-6-18;3-2(4,5)1(6)7/h2-8,13,16,19,21H,9-12,14-15,24H2,1H3;(H,6,7). The highest BCUT2D eigenvalue weighted by Gasteiger charge is 2.38. The van der Waals surface area contributed by atoms with Gasteiger partial charge in [0.05, 0.1) is 18.1 Å². The van der Waals surface area contributed by atoms with Gasteiger partial charge >= 0.3 is 12.1 Å². The molecular formula is C25H29F3N4O3. The zero-order chi connectivity index (χ0) is 25.6. The Bertz CT molecular complexity index is 1140. The first kappa shape index (κ1) is 26.2. The van der Waals surface area contributed by atoms with Gasteiger partial charge in [0, 0.05) is 25.5 Å². The van der Waals surface area contributed by atoms with E-state index in [1.54, 1.807) is 0 Å². The van der Waals surface area contributed by atoms with E-state index in [4.69, 9.17) is 15.6 Å². The summed E-state index contributed by atoms with van der Waals surface area (Å²) in [5, 5.41) is 12.5. The lowest BCUT2D eigenvalue weighted by Crippen LogP contribution is -2.41. The minimum Gasteiger partial charge on any atom is -0.475 e. The molecule has 0 saturated carbocycles. The number of aliphatic carboxylic acids is 1. The zero-order valence-electron chi connectivity index (χ0n) is 19.4. The number of alkyl halides is 3. The number of nitrogens with two attached hydrogens (primary N) is 1. The summed E-state index contributed by atoms with van der Waals surface area (Å²) in [5.41, 5.74) is 9.55. The van der Waals surface area contributed by atoms with E-state index in [1.807, 2.05) is 41.0 Å². The Hall–Kier alpha value is -3.40. The van der Waals surface area contributed by atoms with Gasteiger partial charge in [-0.25, -0.2) is 4.79 Å². The third-order valence-electron chi connectivity index (χ3n) is 6.35. The molecule has 0 spiro atoms. The van der Waals surface area contributed by atoms with Crippen molar-refractivity contribution < 1.29 is 27.9 Å². The second kappa shape index (κ2) is 11.4. The quantitative estimate of drug-likeness (QED) is 0.568. The van der Waals surface area contributed by atoms with Crippen LogP contribution in [-0.2, 0) is 23.1 Å². The Labute approximate surface area is 201 Å². The Balaban J connectivity index is 0.000000429. The van der Waals surface area contributed by atoms with Crippen molar-refractivity contribution in [3.8, 4) is 0 Å². The van der Waals surface area contributed by atoms with Crippen LogP contribution in [0.4, 0.5) is 13.2 Å². The van der Waals surface area contributed by atoms with Gasteiger partial charge in [0.2, 0.25) is 5.91 Å². The molecule has 7 nitrogen and oxygen atoms in total. The summed E-state index contributed by atoms with van der Waals surface area (Å²) >= 11 is 0. The number of carbonyl (C=O) groups excluding carboxylic acids is 1. The van der Waals surface area contributed by atoms with Crippen LogP contribution < -0.4 is 5.73 Å². The third kappa shape index (κ3) is 6.82. The Morgan fingerprint density at radius 2 is 1.77 bits per heavy atom. The van der Waals surface area contributed by atoms with E-state index in [0.29, 0.717) is 24.8 Å². The summed E-state index contributed by atoms with van der Waals surface area (Å²) < 4.78 is 33.6. The molecule has 0 radical (unpaired) electrons.